The predicted octanol–water partition coefficient (Wildman–Crippen LogP) is 4.35. The third-order valence-electron chi connectivity index (χ3n) is 5.13. The van der Waals surface area contributed by atoms with Crippen molar-refractivity contribution in [2.75, 3.05) is 0 Å². The highest BCUT2D eigenvalue weighted by molar-refractivity contribution is 5.87. The van der Waals surface area contributed by atoms with Crippen molar-refractivity contribution >= 4 is 11.9 Å². The van der Waals surface area contributed by atoms with Crippen LogP contribution >= 0.6 is 0 Å². The van der Waals surface area contributed by atoms with Crippen molar-refractivity contribution < 1.29 is 19.8 Å². The van der Waals surface area contributed by atoms with E-state index < -0.39 is 22.8 Å². The Morgan fingerprint density at radius 2 is 1.18 bits per heavy atom. The van der Waals surface area contributed by atoms with Gasteiger partial charge in [0.05, 0.1) is 10.8 Å². The number of carboxylic acid groups (broad SMARTS) is 2. The van der Waals surface area contributed by atoms with Crippen molar-refractivity contribution in [2.45, 2.75) is 66.2 Å². The van der Waals surface area contributed by atoms with Crippen LogP contribution in [0, 0.1) is 22.7 Å². The van der Waals surface area contributed by atoms with Crippen LogP contribution in [0.25, 0.3) is 0 Å². The molecule has 1 aliphatic carbocycles. The molecule has 2 unspecified atom stereocenters. The molecule has 1 rings (SSSR count). The van der Waals surface area contributed by atoms with Crippen molar-refractivity contribution in [2.24, 2.45) is 22.7 Å². The maximum Gasteiger partial charge on any atom is 0.311 e. The maximum absolute atomic E-state index is 12.2. The second-order valence-corrected chi connectivity index (χ2v) is 7.52. The molecule has 126 valence electrons. The molecule has 0 aliphatic heterocycles. The fraction of sp³-hybridized carbons (Fsp3) is 0.778. The highest BCUT2D eigenvalue weighted by Gasteiger charge is 2.60. The molecule has 0 aromatic carbocycles. The van der Waals surface area contributed by atoms with E-state index in [1.54, 1.807) is 0 Å². The van der Waals surface area contributed by atoms with Crippen molar-refractivity contribution in [3.05, 3.63) is 12.2 Å². The number of rotatable bonds is 8. The minimum absolute atomic E-state index is 0.319. The van der Waals surface area contributed by atoms with Crippen LogP contribution in [0.4, 0.5) is 0 Å². The summed E-state index contributed by atoms with van der Waals surface area (Å²) in [6.07, 6.45) is 6.66. The van der Waals surface area contributed by atoms with E-state index in [0.29, 0.717) is 37.5 Å². The van der Waals surface area contributed by atoms with E-state index in [4.69, 9.17) is 0 Å². The number of carboxylic acids is 2. The van der Waals surface area contributed by atoms with E-state index >= 15 is 0 Å². The topological polar surface area (TPSA) is 74.6 Å². The number of hydrogen-bond acceptors (Lipinski definition) is 2. The number of aliphatic carboxylic acids is 2. The van der Waals surface area contributed by atoms with Gasteiger partial charge in [0.1, 0.15) is 0 Å². The third-order valence-corrected chi connectivity index (χ3v) is 5.13. The highest BCUT2D eigenvalue weighted by Crippen LogP contribution is 2.55. The molecule has 0 saturated carbocycles. The lowest BCUT2D eigenvalue weighted by Gasteiger charge is -2.47. The van der Waals surface area contributed by atoms with Gasteiger partial charge in [-0.15, -0.1) is 0 Å². The molecule has 0 fully saturated rings. The van der Waals surface area contributed by atoms with E-state index in [0.717, 1.165) is 12.8 Å². The van der Waals surface area contributed by atoms with Gasteiger partial charge in [-0.2, -0.15) is 0 Å². The molecule has 0 amide bonds. The fourth-order valence-electron chi connectivity index (χ4n) is 3.51. The summed E-state index contributed by atoms with van der Waals surface area (Å²) in [5.74, 6) is -1.19. The molecule has 2 atom stereocenters. The van der Waals surface area contributed by atoms with Gasteiger partial charge in [0.2, 0.25) is 0 Å². The average Bonchev–Trinajstić information content (AvgIpc) is 2.42. The molecule has 0 saturated heterocycles. The molecule has 1 aliphatic rings. The van der Waals surface area contributed by atoms with E-state index in [-0.39, 0.29) is 0 Å². The summed E-state index contributed by atoms with van der Waals surface area (Å²) in [6, 6.07) is 0. The SMILES string of the molecule is CC(C)CCC1(C(=O)O)CC=CCC1(CCC(C)C)C(=O)O. The lowest BCUT2D eigenvalue weighted by Crippen LogP contribution is -2.53. The lowest BCUT2D eigenvalue weighted by molar-refractivity contribution is -0.177. The first-order chi connectivity index (χ1) is 10.2. The van der Waals surface area contributed by atoms with Crippen LogP contribution in [-0.2, 0) is 9.59 Å². The van der Waals surface area contributed by atoms with Gasteiger partial charge >= 0.3 is 11.9 Å². The van der Waals surface area contributed by atoms with E-state index in [2.05, 4.69) is 0 Å². The lowest BCUT2D eigenvalue weighted by atomic mass is 9.53. The minimum atomic E-state index is -1.19. The van der Waals surface area contributed by atoms with Gasteiger partial charge in [-0.25, -0.2) is 0 Å². The molecule has 0 radical (unpaired) electrons. The fourth-order valence-corrected chi connectivity index (χ4v) is 3.51. The Kier molecular flexibility index (Phi) is 6.21. The summed E-state index contributed by atoms with van der Waals surface area (Å²) < 4.78 is 0. The Morgan fingerprint density at radius 1 is 0.864 bits per heavy atom. The number of allylic oxidation sites excluding steroid dienone is 2. The van der Waals surface area contributed by atoms with Gasteiger partial charge in [-0.3, -0.25) is 9.59 Å². The summed E-state index contributed by atoms with van der Waals surface area (Å²) in [4.78, 5) is 24.3. The first kappa shape index (κ1) is 18.7. The highest BCUT2D eigenvalue weighted by atomic mass is 16.4. The maximum atomic E-state index is 12.2. The summed E-state index contributed by atoms with van der Waals surface area (Å²) in [6.45, 7) is 8.19. The van der Waals surface area contributed by atoms with Gasteiger partial charge in [0.15, 0.2) is 0 Å². The zero-order chi connectivity index (χ0) is 17.0. The molecular formula is C18H30O4. The molecule has 0 heterocycles. The molecule has 4 heteroatoms. The van der Waals surface area contributed by atoms with Gasteiger partial charge in [0, 0.05) is 0 Å². The first-order valence-corrected chi connectivity index (χ1v) is 8.30. The summed E-state index contributed by atoms with van der Waals surface area (Å²) in [7, 11) is 0. The molecule has 4 nitrogen and oxygen atoms in total. The van der Waals surface area contributed by atoms with E-state index in [1.165, 1.54) is 0 Å². The van der Waals surface area contributed by atoms with Crippen molar-refractivity contribution in [1.82, 2.24) is 0 Å². The largest absolute Gasteiger partial charge is 0.481 e. The standard InChI is InChI=1S/C18H30O4/c1-13(2)7-11-17(15(19)20)9-5-6-10-18(17,16(21)22)12-8-14(3)4/h5-6,13-14H,7-12H2,1-4H3,(H,19,20)(H,21,22). The molecule has 0 aromatic rings. The Labute approximate surface area is 133 Å². The number of hydrogen-bond donors (Lipinski definition) is 2. The Hall–Kier alpha value is -1.32. The smallest absolute Gasteiger partial charge is 0.311 e. The second kappa shape index (κ2) is 7.30. The first-order valence-electron chi connectivity index (χ1n) is 8.30. The Bertz CT molecular complexity index is 398. The molecule has 0 aromatic heterocycles. The van der Waals surface area contributed by atoms with Gasteiger partial charge in [-0.1, -0.05) is 39.8 Å². The summed E-state index contributed by atoms with van der Waals surface area (Å²) in [5.41, 5.74) is -2.38. The van der Waals surface area contributed by atoms with E-state index in [9.17, 15) is 19.8 Å². The van der Waals surface area contributed by atoms with Crippen LogP contribution in [-0.4, -0.2) is 22.2 Å². The van der Waals surface area contributed by atoms with Gasteiger partial charge in [-0.05, 0) is 50.4 Å². The Balaban J connectivity index is 3.28. The second-order valence-electron chi connectivity index (χ2n) is 7.52. The van der Waals surface area contributed by atoms with Crippen LogP contribution < -0.4 is 0 Å². The van der Waals surface area contributed by atoms with Crippen molar-refractivity contribution in [1.29, 1.82) is 0 Å². The number of carbonyl (C=O) groups is 2. The zero-order valence-electron chi connectivity index (χ0n) is 14.3. The van der Waals surface area contributed by atoms with Crippen LogP contribution in [0.3, 0.4) is 0 Å². The minimum Gasteiger partial charge on any atom is -0.481 e. The molecule has 0 spiro atoms. The monoisotopic (exact) mass is 310 g/mol. The van der Waals surface area contributed by atoms with Crippen molar-refractivity contribution in [3.8, 4) is 0 Å². The molecule has 0 bridgehead atoms. The van der Waals surface area contributed by atoms with E-state index in [1.807, 2.05) is 39.8 Å². The predicted molar refractivity (Wildman–Crippen MR) is 86.7 cm³/mol. The molecular weight excluding hydrogens is 280 g/mol. The van der Waals surface area contributed by atoms with Crippen LogP contribution in [0.5, 0.6) is 0 Å². The summed E-state index contributed by atoms with van der Waals surface area (Å²) >= 11 is 0. The zero-order valence-corrected chi connectivity index (χ0v) is 14.3. The average molecular weight is 310 g/mol. The van der Waals surface area contributed by atoms with Crippen LogP contribution in [0.15, 0.2) is 12.2 Å². The van der Waals surface area contributed by atoms with Crippen LogP contribution in [0.2, 0.25) is 0 Å². The van der Waals surface area contributed by atoms with Gasteiger partial charge in [0.25, 0.3) is 0 Å². The van der Waals surface area contributed by atoms with Gasteiger partial charge < -0.3 is 10.2 Å². The summed E-state index contributed by atoms with van der Waals surface area (Å²) in [5, 5.41) is 19.9. The third kappa shape index (κ3) is 3.53. The Morgan fingerprint density at radius 3 is 1.41 bits per heavy atom. The molecule has 22 heavy (non-hydrogen) atoms. The molecule has 2 N–H and O–H groups in total. The van der Waals surface area contributed by atoms with Crippen LogP contribution in [0.1, 0.15) is 66.2 Å². The van der Waals surface area contributed by atoms with Crippen molar-refractivity contribution in [3.63, 3.8) is 0 Å². The normalized spacial score (nSPS) is 28.3. The quantitative estimate of drug-likeness (QED) is 0.654.